The number of hydrogen-bond acceptors (Lipinski definition) is 5. The van der Waals surface area contributed by atoms with Crippen LogP contribution in [0.3, 0.4) is 0 Å². The third-order valence-electron chi connectivity index (χ3n) is 1.42. The van der Waals surface area contributed by atoms with Gasteiger partial charge in [-0.15, -0.1) is 10.4 Å². The van der Waals surface area contributed by atoms with Gasteiger partial charge in [0, 0.05) is 19.2 Å². The molecule has 0 heterocycles. The highest BCUT2D eigenvalue weighted by Crippen LogP contribution is 2.10. The van der Waals surface area contributed by atoms with Crippen molar-refractivity contribution in [3.8, 4) is 5.75 Å². The van der Waals surface area contributed by atoms with E-state index in [-0.39, 0.29) is 0 Å². The van der Waals surface area contributed by atoms with E-state index in [1.807, 2.05) is 0 Å². The summed E-state index contributed by atoms with van der Waals surface area (Å²) in [7, 11) is 1.51. The summed E-state index contributed by atoms with van der Waals surface area (Å²) < 4.78 is 0. The SMILES string of the molecule is CNO[NH+]([O-])c1ccc(ON)cc1. The van der Waals surface area contributed by atoms with E-state index in [0.29, 0.717) is 11.4 Å². The van der Waals surface area contributed by atoms with Gasteiger partial charge in [0.25, 0.3) is 0 Å². The predicted molar refractivity (Wildman–Crippen MR) is 45.4 cm³/mol. The monoisotopic (exact) mass is 185 g/mol. The minimum atomic E-state index is -0.453. The predicted octanol–water partition coefficient (Wildman–Crippen LogP) is -0.981. The van der Waals surface area contributed by atoms with E-state index < -0.39 is 5.23 Å². The summed E-state index contributed by atoms with van der Waals surface area (Å²) in [4.78, 5) is 8.98. The molecule has 0 amide bonds. The van der Waals surface area contributed by atoms with Gasteiger partial charge in [0.1, 0.15) is 5.75 Å². The van der Waals surface area contributed by atoms with Gasteiger partial charge in [-0.3, -0.25) is 0 Å². The Kier molecular flexibility index (Phi) is 3.62. The Morgan fingerprint density at radius 1 is 1.38 bits per heavy atom. The van der Waals surface area contributed by atoms with Gasteiger partial charge in [-0.25, -0.2) is 0 Å². The first kappa shape index (κ1) is 9.90. The number of hydrogen-bond donors (Lipinski definition) is 3. The molecule has 0 fully saturated rings. The van der Waals surface area contributed by atoms with Crippen molar-refractivity contribution in [2.75, 3.05) is 7.05 Å². The van der Waals surface area contributed by atoms with E-state index in [9.17, 15) is 5.21 Å². The maximum absolute atomic E-state index is 11.1. The van der Waals surface area contributed by atoms with Crippen LogP contribution < -0.4 is 21.4 Å². The second kappa shape index (κ2) is 4.75. The Bertz CT molecular complexity index is 252. The summed E-state index contributed by atoms with van der Waals surface area (Å²) in [5.74, 6) is 5.39. The molecule has 72 valence electrons. The fraction of sp³-hybridized carbons (Fsp3) is 0.143. The highest BCUT2D eigenvalue weighted by atomic mass is 17.0. The number of hydroxylamine groups is 1. The Labute approximate surface area is 75.3 Å². The Hall–Kier alpha value is -1.18. The highest BCUT2D eigenvalue weighted by Gasteiger charge is 2.02. The van der Waals surface area contributed by atoms with Crippen molar-refractivity contribution in [2.24, 2.45) is 5.90 Å². The topological polar surface area (TPSA) is 84.0 Å². The minimum Gasteiger partial charge on any atom is -0.593 e. The number of benzene rings is 1. The van der Waals surface area contributed by atoms with Crippen LogP contribution in [0.5, 0.6) is 5.75 Å². The normalized spacial score (nSPS) is 12.5. The molecule has 1 atom stereocenters. The van der Waals surface area contributed by atoms with Gasteiger partial charge in [0.05, 0.1) is 0 Å². The summed E-state index contributed by atoms with van der Waals surface area (Å²) in [5.41, 5.74) is 2.72. The summed E-state index contributed by atoms with van der Waals surface area (Å²) in [6, 6.07) is 6.27. The van der Waals surface area contributed by atoms with E-state index >= 15 is 0 Å². The lowest BCUT2D eigenvalue weighted by molar-refractivity contribution is -1.01. The average Bonchev–Trinajstić information content (AvgIpc) is 2.18. The van der Waals surface area contributed by atoms with Gasteiger partial charge in [0.15, 0.2) is 5.69 Å². The molecule has 0 aliphatic rings. The van der Waals surface area contributed by atoms with E-state index in [2.05, 4.69) is 15.3 Å². The minimum absolute atomic E-state index is 0.426. The van der Waals surface area contributed by atoms with Crippen LogP contribution in [0.4, 0.5) is 5.69 Å². The molecule has 1 unspecified atom stereocenters. The average molecular weight is 185 g/mol. The molecule has 4 N–H and O–H groups in total. The number of rotatable bonds is 4. The maximum atomic E-state index is 11.1. The van der Waals surface area contributed by atoms with E-state index in [1.54, 1.807) is 24.3 Å². The number of nitrogens with two attached hydrogens (primary N) is 1. The van der Waals surface area contributed by atoms with E-state index in [1.165, 1.54) is 7.05 Å². The lowest BCUT2D eigenvalue weighted by Crippen LogP contribution is -3.02. The molecular formula is C7H11N3O3. The van der Waals surface area contributed by atoms with Crippen molar-refractivity contribution in [2.45, 2.75) is 0 Å². The quantitative estimate of drug-likeness (QED) is 0.525. The standard InChI is InChI=1S/C7H11N3O3/c1-9-13-10(11)6-2-4-7(12-8)5-3-6/h2-5,9-10H,8H2,1H3. The summed E-state index contributed by atoms with van der Waals surface area (Å²) in [6.45, 7) is 0. The molecule has 13 heavy (non-hydrogen) atoms. The molecule has 0 spiro atoms. The van der Waals surface area contributed by atoms with Crippen molar-refractivity contribution in [3.63, 3.8) is 0 Å². The molecule has 0 aliphatic heterocycles. The molecule has 1 aromatic rings. The van der Waals surface area contributed by atoms with Crippen LogP contribution in [0.2, 0.25) is 0 Å². The molecule has 0 bridgehead atoms. The van der Waals surface area contributed by atoms with Crippen molar-refractivity contribution in [1.29, 1.82) is 0 Å². The maximum Gasteiger partial charge on any atom is 0.165 e. The van der Waals surface area contributed by atoms with Gasteiger partial charge in [-0.2, -0.15) is 11.1 Å². The van der Waals surface area contributed by atoms with Crippen LogP contribution in [0.1, 0.15) is 0 Å². The first-order valence-corrected chi connectivity index (χ1v) is 3.62. The molecule has 0 aliphatic carbocycles. The van der Waals surface area contributed by atoms with Crippen molar-refractivity contribution >= 4 is 5.69 Å². The van der Waals surface area contributed by atoms with Gasteiger partial charge < -0.3 is 10.0 Å². The molecule has 6 heteroatoms. The van der Waals surface area contributed by atoms with Gasteiger partial charge >= 0.3 is 0 Å². The van der Waals surface area contributed by atoms with Crippen LogP contribution in [-0.2, 0) is 4.94 Å². The number of nitrogens with one attached hydrogen (secondary N) is 2. The fourth-order valence-electron chi connectivity index (χ4n) is 0.821. The van der Waals surface area contributed by atoms with Crippen LogP contribution >= 0.6 is 0 Å². The zero-order valence-electron chi connectivity index (χ0n) is 7.11. The van der Waals surface area contributed by atoms with E-state index in [0.717, 1.165) is 0 Å². The smallest absolute Gasteiger partial charge is 0.165 e. The first-order chi connectivity index (χ1) is 6.27. The lowest BCUT2D eigenvalue weighted by atomic mass is 10.3. The molecule has 6 nitrogen and oxygen atoms in total. The molecule has 0 radical (unpaired) electrons. The second-order valence-corrected chi connectivity index (χ2v) is 2.24. The van der Waals surface area contributed by atoms with E-state index in [4.69, 9.17) is 5.90 Å². The fourth-order valence-corrected chi connectivity index (χ4v) is 0.821. The van der Waals surface area contributed by atoms with Crippen LogP contribution in [-0.4, -0.2) is 7.05 Å². The van der Waals surface area contributed by atoms with Crippen LogP contribution in [0.15, 0.2) is 24.3 Å². The van der Waals surface area contributed by atoms with Gasteiger partial charge in [-0.05, 0) is 12.1 Å². The van der Waals surface area contributed by atoms with Crippen molar-refractivity contribution < 1.29 is 15.0 Å². The molecule has 0 saturated carbocycles. The second-order valence-electron chi connectivity index (χ2n) is 2.24. The van der Waals surface area contributed by atoms with Crippen molar-refractivity contribution in [1.82, 2.24) is 5.48 Å². The summed E-state index contributed by atoms with van der Waals surface area (Å²) in [5, 5.41) is 10.6. The Balaban J connectivity index is 2.67. The summed E-state index contributed by atoms with van der Waals surface area (Å²) in [6.07, 6.45) is 0. The first-order valence-electron chi connectivity index (χ1n) is 3.62. The highest BCUT2D eigenvalue weighted by molar-refractivity contribution is 5.35. The third-order valence-corrected chi connectivity index (χ3v) is 1.42. The number of quaternary nitrogens is 1. The third kappa shape index (κ3) is 2.65. The lowest BCUT2D eigenvalue weighted by Gasteiger charge is -2.17. The van der Waals surface area contributed by atoms with Crippen LogP contribution in [0, 0.1) is 5.21 Å². The van der Waals surface area contributed by atoms with Gasteiger partial charge in [0.2, 0.25) is 0 Å². The van der Waals surface area contributed by atoms with Crippen LogP contribution in [0.25, 0.3) is 0 Å². The van der Waals surface area contributed by atoms with Gasteiger partial charge in [-0.1, -0.05) is 0 Å². The Morgan fingerprint density at radius 3 is 2.46 bits per heavy atom. The molecule has 1 aromatic carbocycles. The summed E-state index contributed by atoms with van der Waals surface area (Å²) >= 11 is 0. The molecule has 0 saturated heterocycles. The molecular weight excluding hydrogens is 174 g/mol. The largest absolute Gasteiger partial charge is 0.593 e. The zero-order chi connectivity index (χ0) is 9.68. The zero-order valence-corrected chi connectivity index (χ0v) is 7.11. The molecule has 0 aromatic heterocycles. The Morgan fingerprint density at radius 2 is 2.00 bits per heavy atom. The molecule has 1 rings (SSSR count). The van der Waals surface area contributed by atoms with Crippen molar-refractivity contribution in [3.05, 3.63) is 29.5 Å².